The van der Waals surface area contributed by atoms with Crippen molar-refractivity contribution in [3.05, 3.63) is 376 Å². The molecule has 0 aliphatic heterocycles. The average molecular weight is 2560 g/mol. The number of nitrogens with zero attached hydrogens (tertiary/aromatic N) is 20. The van der Waals surface area contributed by atoms with E-state index in [1.165, 1.54) is 0 Å². The van der Waals surface area contributed by atoms with Gasteiger partial charge in [0, 0.05) is 181 Å². The first-order valence-electron chi connectivity index (χ1n) is 34.3. The van der Waals surface area contributed by atoms with E-state index < -0.39 is 0 Å². The Kier molecular flexibility index (Phi) is 41.5. The Morgan fingerprint density at radius 3 is 1.14 bits per heavy atom. The fourth-order valence-corrected chi connectivity index (χ4v) is 9.64. The van der Waals surface area contributed by atoms with Crippen molar-refractivity contribution in [2.45, 2.75) is 87.0 Å². The molecule has 589 valence electrons. The van der Waals surface area contributed by atoms with E-state index >= 15 is 0 Å². The molecule has 0 unspecified atom stereocenters. The number of hydrogen-bond acceptors (Lipinski definition) is 14. The maximum absolute atomic E-state index is 4.45. The molecule has 17 aromatic rings. The van der Waals surface area contributed by atoms with Crippen molar-refractivity contribution in [2.75, 3.05) is 0 Å². The van der Waals surface area contributed by atoms with Crippen LogP contribution in [-0.2, 0) is 132 Å². The Morgan fingerprint density at radius 2 is 0.770 bits per heavy atom. The second kappa shape index (κ2) is 49.1. The summed E-state index contributed by atoms with van der Waals surface area (Å²) < 4.78 is 10.8. The van der Waals surface area contributed by atoms with Crippen molar-refractivity contribution in [1.82, 2.24) is 97.6 Å². The summed E-state index contributed by atoms with van der Waals surface area (Å²) in [4.78, 5) is 50.5. The van der Waals surface area contributed by atoms with Crippen LogP contribution in [0.25, 0.3) is 68.3 Å². The topological polar surface area (TPSA) is 210 Å². The number of aromatic nitrogens is 20. The maximum atomic E-state index is 4.45. The molecule has 2 aromatic carbocycles. The van der Waals surface area contributed by atoms with Crippen LogP contribution in [0.4, 0.5) is 0 Å². The zero-order valence-corrected chi connectivity index (χ0v) is 77.8. The van der Waals surface area contributed by atoms with Crippen LogP contribution < -0.4 is 0 Å². The van der Waals surface area contributed by atoms with Gasteiger partial charge in [-0.15, -0.1) is 90.0 Å². The summed E-state index contributed by atoms with van der Waals surface area (Å²) in [6, 6.07) is 75.9. The van der Waals surface area contributed by atoms with Crippen LogP contribution in [-0.4, -0.2) is 97.6 Å². The van der Waals surface area contributed by atoms with Crippen LogP contribution in [0.2, 0.25) is 0 Å². The molecule has 0 aliphatic rings. The van der Waals surface area contributed by atoms with E-state index in [0.717, 1.165) is 108 Å². The molecular formula is C87H80Ir5N20Pt-6. The zero-order valence-electron chi connectivity index (χ0n) is 63.6. The standard InChI is InChI=1S/C13H10N3.2C12H14N3.2C11H8N.C10H10N3.2C9H8N3.5Ir.Pt/c1-10-13-11(5-4-8-15-13)9-16(10)12-6-2-3-7-14-12;1-12(2,3)10-7-9-15(14-10)11-6-4-5-8-13-11;1-12(2,3)10-8-15(9-14-10)11-6-4-5-7-13-11;2*1-2-6-10(7-3-1)11-8-4-5-9-12-11;1-8-9(2)13(7-12-8)10-5-3-4-6-11-10;1-8-5-7-12(11-8)9-4-2-3-6-10-9;1-8-10-6-7-12(8)9-4-2-3-5-11-9;;;;;;/h2-8H,1H3;2*4-8H,1-3H3;2*1-6,8-9H;3-6H,1-2H3;2*2-6H,1H3;;;;;;/q8*-1;;;;;;+2. The fourth-order valence-electron chi connectivity index (χ4n) is 9.64. The maximum Gasteiger partial charge on any atom is 2.00 e. The molecule has 26 heteroatoms. The SMILES string of the molecule is CC(C)(C)c1c[c-]n(-c2ccccn2)n1.CC(C)(C)c1cn(-c2ccccn2)[c-]n1.Cc1c2ncccc2[c-]n1-c1ccccn1.Cc1c[c-]n(-c2ccccn2)n1.Cc1n[c-]n(-c2ccccn2)c1C.Cc1nc[c-]n1-c1ccccn1.[Ir].[Ir].[Ir].[Ir].[Ir].[Pt+2].[c-]1ccccc1-c1ccccn1.[c-]1ccccc1-c1ccccn1. The number of benzene rings is 2. The van der Waals surface area contributed by atoms with Gasteiger partial charge in [-0.05, 0) is 100 Å². The van der Waals surface area contributed by atoms with Gasteiger partial charge in [0.05, 0.1) is 29.1 Å². The Labute approximate surface area is 743 Å². The second-order valence-electron chi connectivity index (χ2n) is 25.5. The Morgan fingerprint density at radius 1 is 0.345 bits per heavy atom. The number of fused-ring (bicyclic) bond motifs is 1. The van der Waals surface area contributed by atoms with E-state index in [2.05, 4.69) is 161 Å². The van der Waals surface area contributed by atoms with Crippen LogP contribution >= 0.6 is 0 Å². The zero-order chi connectivity index (χ0) is 75.2. The molecule has 0 aliphatic carbocycles. The molecule has 0 N–H and O–H groups in total. The van der Waals surface area contributed by atoms with Gasteiger partial charge in [-0.1, -0.05) is 232 Å². The first-order valence-corrected chi connectivity index (χ1v) is 34.3. The van der Waals surface area contributed by atoms with Crippen LogP contribution in [0.15, 0.2) is 287 Å². The molecule has 17 rings (SSSR count). The van der Waals surface area contributed by atoms with Gasteiger partial charge in [-0.25, -0.2) is 0 Å². The summed E-state index contributed by atoms with van der Waals surface area (Å²) in [6.07, 6.45) is 37.6. The van der Waals surface area contributed by atoms with Crippen molar-refractivity contribution < 1.29 is 122 Å². The minimum atomic E-state index is 0. The molecule has 0 saturated heterocycles. The fraction of sp³-hybridized carbons (Fsp3) is 0.149. The Bertz CT molecular complexity index is 5130. The molecule has 0 amide bonds. The van der Waals surface area contributed by atoms with Crippen LogP contribution in [0.3, 0.4) is 0 Å². The van der Waals surface area contributed by atoms with Gasteiger partial charge in [-0.2, -0.15) is 0 Å². The van der Waals surface area contributed by atoms with Gasteiger partial charge in [0.1, 0.15) is 0 Å². The second-order valence-corrected chi connectivity index (χ2v) is 25.5. The van der Waals surface area contributed by atoms with Gasteiger partial charge in [-0.3, -0.25) is 25.1 Å². The summed E-state index contributed by atoms with van der Waals surface area (Å²) in [6.45, 7) is 22.6. The minimum Gasteiger partial charge on any atom is -0.451 e. The molecule has 15 aromatic heterocycles. The molecule has 20 nitrogen and oxygen atoms in total. The summed E-state index contributed by atoms with van der Waals surface area (Å²) in [5.41, 5.74) is 11.2. The largest absolute Gasteiger partial charge is 2.00 e. The van der Waals surface area contributed by atoms with Gasteiger partial charge >= 0.3 is 21.1 Å². The van der Waals surface area contributed by atoms with Gasteiger partial charge in [0.25, 0.3) is 0 Å². The van der Waals surface area contributed by atoms with Crippen molar-refractivity contribution in [3.8, 4) is 57.4 Å². The monoisotopic (exact) mass is 2560 g/mol. The van der Waals surface area contributed by atoms with E-state index in [1.807, 2.05) is 277 Å². The van der Waals surface area contributed by atoms with E-state index in [-0.39, 0.29) is 132 Å². The molecule has 0 bridgehead atoms. The predicted octanol–water partition coefficient (Wildman–Crippen LogP) is 16.8. The van der Waals surface area contributed by atoms with Crippen molar-refractivity contribution in [3.63, 3.8) is 0 Å². The van der Waals surface area contributed by atoms with Crippen LogP contribution in [0.1, 0.15) is 81.5 Å². The normalized spacial score (nSPS) is 10.0. The molecular weight excluding hydrogens is 2480 g/mol. The third-order valence-electron chi connectivity index (χ3n) is 15.5. The molecule has 0 atom stereocenters. The number of pyridine rings is 9. The van der Waals surface area contributed by atoms with Gasteiger partial charge in [0.15, 0.2) is 0 Å². The Hall–Kier alpha value is -9.68. The van der Waals surface area contributed by atoms with E-state index in [0.29, 0.717) is 0 Å². The Balaban J connectivity index is 0.000000271. The van der Waals surface area contributed by atoms with Gasteiger partial charge in [0.2, 0.25) is 0 Å². The third-order valence-corrected chi connectivity index (χ3v) is 15.5. The number of rotatable bonds is 8. The van der Waals surface area contributed by atoms with E-state index in [1.54, 1.807) is 71.3 Å². The van der Waals surface area contributed by atoms with E-state index in [9.17, 15) is 0 Å². The van der Waals surface area contributed by atoms with Crippen molar-refractivity contribution in [1.29, 1.82) is 0 Å². The van der Waals surface area contributed by atoms with Crippen molar-refractivity contribution >= 4 is 10.9 Å². The minimum absolute atomic E-state index is 0. The molecule has 0 spiro atoms. The smallest absolute Gasteiger partial charge is 0.451 e. The average Bonchev–Trinajstić information content (AvgIpc) is 1.65. The first kappa shape index (κ1) is 95.7. The van der Waals surface area contributed by atoms with Crippen LogP contribution in [0, 0.1) is 84.2 Å². The van der Waals surface area contributed by atoms with Crippen LogP contribution in [0.5, 0.6) is 0 Å². The summed E-state index contributed by atoms with van der Waals surface area (Å²) in [7, 11) is 0. The molecule has 0 saturated carbocycles. The van der Waals surface area contributed by atoms with Gasteiger partial charge < -0.3 is 72.5 Å². The third kappa shape index (κ3) is 29.3. The summed E-state index contributed by atoms with van der Waals surface area (Å²) in [5.74, 6) is 5.93. The van der Waals surface area contributed by atoms with E-state index in [4.69, 9.17) is 0 Å². The molecule has 5 radical (unpaired) electrons. The first-order chi connectivity index (χ1) is 52.0. The number of aryl methyl sites for hydroxylation is 4. The quantitative estimate of drug-likeness (QED) is 0.130. The molecule has 113 heavy (non-hydrogen) atoms. The molecule has 15 heterocycles. The summed E-state index contributed by atoms with van der Waals surface area (Å²) >= 11 is 0. The predicted molar refractivity (Wildman–Crippen MR) is 417 cm³/mol. The number of hydrogen-bond donors (Lipinski definition) is 0. The summed E-state index contributed by atoms with van der Waals surface area (Å²) in [5, 5.41) is 9.65. The number of imidazole rings is 3. The van der Waals surface area contributed by atoms with Crippen molar-refractivity contribution in [2.24, 2.45) is 0 Å². The molecule has 0 fully saturated rings.